The van der Waals surface area contributed by atoms with Crippen LogP contribution in [0.3, 0.4) is 0 Å². The molecule has 5 atom stereocenters. The minimum absolute atomic E-state index is 0.754. The van der Waals surface area contributed by atoms with Crippen molar-refractivity contribution in [1.82, 2.24) is 0 Å². The SMILES string of the molecule is O=P(O)(O)OC[C@H]1O[C@H](O)[C@H](O)[C@@H](O)[C@@H]1OO. The number of ether oxygens (including phenoxy) is 1. The third kappa shape index (κ3) is 3.93. The fourth-order valence-electron chi connectivity index (χ4n) is 1.35. The van der Waals surface area contributed by atoms with Gasteiger partial charge in [0.15, 0.2) is 6.29 Å². The van der Waals surface area contributed by atoms with Gasteiger partial charge in [0.1, 0.15) is 24.4 Å². The lowest BCUT2D eigenvalue weighted by atomic mass is 9.99. The van der Waals surface area contributed by atoms with Gasteiger partial charge in [-0.05, 0) is 0 Å². The zero-order valence-electron chi connectivity index (χ0n) is 8.36. The van der Waals surface area contributed by atoms with Crippen LogP contribution in [0.15, 0.2) is 0 Å². The lowest BCUT2D eigenvalue weighted by molar-refractivity contribution is -0.370. The van der Waals surface area contributed by atoms with Crippen LogP contribution in [0.4, 0.5) is 0 Å². The van der Waals surface area contributed by atoms with Crippen molar-refractivity contribution in [2.45, 2.75) is 30.7 Å². The Morgan fingerprint density at radius 1 is 1.18 bits per heavy atom. The van der Waals surface area contributed by atoms with E-state index in [0.29, 0.717) is 0 Å². The molecule has 0 amide bonds. The molecule has 0 bridgehead atoms. The van der Waals surface area contributed by atoms with Crippen molar-refractivity contribution in [2.24, 2.45) is 0 Å². The smallest absolute Gasteiger partial charge is 0.387 e. The van der Waals surface area contributed by atoms with Gasteiger partial charge in [-0.3, -0.25) is 9.78 Å². The maximum atomic E-state index is 10.4. The maximum Gasteiger partial charge on any atom is 0.469 e. The molecule has 11 heteroatoms. The van der Waals surface area contributed by atoms with Crippen LogP contribution >= 0.6 is 7.82 Å². The second-order valence-corrected chi connectivity index (χ2v) is 4.64. The van der Waals surface area contributed by atoms with Gasteiger partial charge in [0.25, 0.3) is 0 Å². The zero-order valence-corrected chi connectivity index (χ0v) is 9.25. The number of aliphatic hydroxyl groups is 3. The Kier molecular flexibility index (Phi) is 4.98. The number of hydrogen-bond acceptors (Lipinski definition) is 8. The molecule has 0 unspecified atom stereocenters. The summed E-state index contributed by atoms with van der Waals surface area (Å²) in [6.07, 6.45) is -8.09. The van der Waals surface area contributed by atoms with Crippen LogP contribution in [-0.4, -0.2) is 67.7 Å². The van der Waals surface area contributed by atoms with Crippen molar-refractivity contribution in [3.05, 3.63) is 0 Å². The first-order valence-corrected chi connectivity index (χ1v) is 5.99. The van der Waals surface area contributed by atoms with Gasteiger partial charge in [0.2, 0.25) is 0 Å². The maximum absolute atomic E-state index is 10.4. The first-order chi connectivity index (χ1) is 7.76. The van der Waals surface area contributed by atoms with Gasteiger partial charge in [-0.25, -0.2) is 9.45 Å². The summed E-state index contributed by atoms with van der Waals surface area (Å²) in [6, 6.07) is 0. The third-order valence-corrected chi connectivity index (χ3v) is 2.67. The summed E-state index contributed by atoms with van der Waals surface area (Å²) >= 11 is 0. The van der Waals surface area contributed by atoms with Gasteiger partial charge >= 0.3 is 7.82 Å². The van der Waals surface area contributed by atoms with Crippen LogP contribution < -0.4 is 0 Å². The molecule has 0 aliphatic carbocycles. The highest BCUT2D eigenvalue weighted by atomic mass is 31.2. The van der Waals surface area contributed by atoms with Crippen LogP contribution in [0, 0.1) is 0 Å². The van der Waals surface area contributed by atoms with Gasteiger partial charge in [0.05, 0.1) is 6.61 Å². The predicted molar refractivity (Wildman–Crippen MR) is 48.4 cm³/mol. The fourth-order valence-corrected chi connectivity index (χ4v) is 1.70. The van der Waals surface area contributed by atoms with Gasteiger partial charge < -0.3 is 29.8 Å². The van der Waals surface area contributed by atoms with Gasteiger partial charge in [-0.2, -0.15) is 0 Å². The molecule has 6 N–H and O–H groups in total. The van der Waals surface area contributed by atoms with Crippen LogP contribution in [0.1, 0.15) is 0 Å². The fraction of sp³-hybridized carbons (Fsp3) is 1.00. The Morgan fingerprint density at radius 3 is 2.24 bits per heavy atom. The molecule has 1 rings (SSSR count). The standard InChI is InChI=1S/C6H13O10P/c7-3-4(8)6(9)15-2(5(3)16-10)1-14-17(11,12)13/h2-10H,1H2,(H2,11,12,13)/t2-,3-,4-,5-,6+/m1/s1. The second kappa shape index (κ2) is 5.67. The number of phosphoric acid groups is 1. The molecule has 0 aromatic heterocycles. The summed E-state index contributed by atoms with van der Waals surface area (Å²) in [4.78, 5) is 20.7. The Bertz CT molecular complexity index is 291. The monoisotopic (exact) mass is 276 g/mol. The minimum atomic E-state index is -4.77. The molecule has 1 heterocycles. The quantitative estimate of drug-likeness (QED) is 0.182. The molecule has 1 aliphatic heterocycles. The Labute approximate surface area is 95.1 Å². The molecule has 1 aliphatic rings. The first kappa shape index (κ1) is 14.9. The molecule has 1 saturated heterocycles. The zero-order chi connectivity index (χ0) is 13.2. The van der Waals surface area contributed by atoms with Crippen molar-refractivity contribution in [3.8, 4) is 0 Å². The van der Waals surface area contributed by atoms with Gasteiger partial charge in [0, 0.05) is 0 Å². The lowest BCUT2D eigenvalue weighted by Gasteiger charge is -2.38. The number of aliphatic hydroxyl groups excluding tert-OH is 3. The third-order valence-electron chi connectivity index (χ3n) is 2.19. The predicted octanol–water partition coefficient (Wildman–Crippen LogP) is -2.61. The average Bonchev–Trinajstić information content (AvgIpc) is 2.22. The van der Waals surface area contributed by atoms with Crippen molar-refractivity contribution in [2.75, 3.05) is 6.61 Å². The summed E-state index contributed by atoms with van der Waals surface area (Å²) in [6.45, 7) is -0.754. The summed E-state index contributed by atoms with van der Waals surface area (Å²) in [7, 11) is -4.77. The molecular weight excluding hydrogens is 263 g/mol. The van der Waals surface area contributed by atoms with E-state index in [4.69, 9.17) is 20.2 Å². The number of hydrogen-bond donors (Lipinski definition) is 6. The van der Waals surface area contributed by atoms with Crippen LogP contribution in [0.25, 0.3) is 0 Å². The van der Waals surface area contributed by atoms with Crippen LogP contribution in [0.2, 0.25) is 0 Å². The van der Waals surface area contributed by atoms with Crippen molar-refractivity contribution < 1.29 is 49.1 Å². The number of phosphoric ester groups is 1. The van der Waals surface area contributed by atoms with E-state index in [-0.39, 0.29) is 0 Å². The highest BCUT2D eigenvalue weighted by Crippen LogP contribution is 2.37. The Balaban J connectivity index is 2.66. The van der Waals surface area contributed by atoms with E-state index in [1.807, 2.05) is 0 Å². The molecule has 10 nitrogen and oxygen atoms in total. The number of rotatable bonds is 4. The molecule has 0 aromatic carbocycles. The summed E-state index contributed by atoms with van der Waals surface area (Å²) in [5.74, 6) is 0. The molecule has 0 spiro atoms. The second-order valence-electron chi connectivity index (χ2n) is 3.40. The lowest BCUT2D eigenvalue weighted by Crippen LogP contribution is -2.59. The van der Waals surface area contributed by atoms with Crippen molar-refractivity contribution in [3.63, 3.8) is 0 Å². The summed E-state index contributed by atoms with van der Waals surface area (Å²) < 4.78 is 19.2. The van der Waals surface area contributed by atoms with Crippen LogP contribution in [0.5, 0.6) is 0 Å². The van der Waals surface area contributed by atoms with Gasteiger partial charge in [-0.1, -0.05) is 0 Å². The van der Waals surface area contributed by atoms with E-state index in [0.717, 1.165) is 0 Å². The molecule has 0 radical (unpaired) electrons. The molecule has 0 aromatic rings. The van der Waals surface area contributed by atoms with E-state index < -0.39 is 45.1 Å². The molecule has 102 valence electrons. The highest BCUT2D eigenvalue weighted by molar-refractivity contribution is 7.46. The Morgan fingerprint density at radius 2 is 1.76 bits per heavy atom. The van der Waals surface area contributed by atoms with E-state index in [2.05, 4.69) is 14.1 Å². The Hall–Kier alpha value is -0.130. The minimum Gasteiger partial charge on any atom is -0.387 e. The first-order valence-electron chi connectivity index (χ1n) is 4.46. The topological polar surface area (TPSA) is 166 Å². The van der Waals surface area contributed by atoms with Crippen LogP contribution in [-0.2, 0) is 18.7 Å². The average molecular weight is 276 g/mol. The van der Waals surface area contributed by atoms with E-state index >= 15 is 0 Å². The highest BCUT2D eigenvalue weighted by Gasteiger charge is 2.45. The largest absolute Gasteiger partial charge is 0.469 e. The normalized spacial score (nSPS) is 39.3. The molecular formula is C6H13O10P. The molecule has 1 fully saturated rings. The van der Waals surface area contributed by atoms with E-state index in [9.17, 15) is 14.8 Å². The van der Waals surface area contributed by atoms with Gasteiger partial charge in [-0.15, -0.1) is 0 Å². The van der Waals surface area contributed by atoms with Crippen molar-refractivity contribution >= 4 is 7.82 Å². The van der Waals surface area contributed by atoms with E-state index in [1.54, 1.807) is 0 Å². The summed E-state index contributed by atoms with van der Waals surface area (Å²) in [5.41, 5.74) is 0. The summed E-state index contributed by atoms with van der Waals surface area (Å²) in [5, 5.41) is 36.2. The molecule has 0 saturated carbocycles. The van der Waals surface area contributed by atoms with E-state index in [1.165, 1.54) is 0 Å². The molecule has 17 heavy (non-hydrogen) atoms. The van der Waals surface area contributed by atoms with Crippen molar-refractivity contribution in [1.29, 1.82) is 0 Å².